The zero-order chi connectivity index (χ0) is 11.6. The molecular weight excluding hydrogens is 243 g/mol. The van der Waals surface area contributed by atoms with Crippen LogP contribution in [0.3, 0.4) is 0 Å². The van der Waals surface area contributed by atoms with Gasteiger partial charge in [-0.1, -0.05) is 17.7 Å². The van der Waals surface area contributed by atoms with E-state index in [1.807, 2.05) is 0 Å². The summed E-state index contributed by atoms with van der Waals surface area (Å²) in [5.74, 6) is -0.981. The monoisotopic (exact) mass is 246 g/mol. The average Bonchev–Trinajstić information content (AvgIpc) is 1.99. The van der Waals surface area contributed by atoms with Crippen LogP contribution < -0.4 is 4.74 Å². The summed E-state index contributed by atoms with van der Waals surface area (Å²) < 4.78 is 63.5. The van der Waals surface area contributed by atoms with Gasteiger partial charge in [0.2, 0.25) is 0 Å². The highest BCUT2D eigenvalue weighted by Gasteiger charge is 2.33. The molecule has 1 nitrogen and oxygen atoms in total. The van der Waals surface area contributed by atoms with E-state index in [0.717, 1.165) is 18.2 Å². The topological polar surface area (TPSA) is 9.23 Å². The molecule has 1 rings (SSSR count). The lowest BCUT2D eigenvalue weighted by Gasteiger charge is -2.13. The number of rotatable bonds is 2. The first-order chi connectivity index (χ1) is 6.81. The average molecular weight is 247 g/mol. The van der Waals surface area contributed by atoms with Crippen molar-refractivity contribution in [1.82, 2.24) is 0 Å². The van der Waals surface area contributed by atoms with Crippen LogP contribution in [0.15, 0.2) is 18.2 Å². The van der Waals surface area contributed by atoms with Crippen molar-refractivity contribution in [3.05, 3.63) is 28.8 Å². The van der Waals surface area contributed by atoms with Gasteiger partial charge in [0.15, 0.2) is 0 Å². The molecule has 0 atom stereocenters. The molecular formula is C8H4ClF5O. The van der Waals surface area contributed by atoms with E-state index in [1.165, 1.54) is 0 Å². The summed E-state index contributed by atoms with van der Waals surface area (Å²) in [6.45, 7) is 0. The smallest absolute Gasteiger partial charge is 0.405 e. The van der Waals surface area contributed by atoms with Crippen molar-refractivity contribution in [2.75, 3.05) is 0 Å². The van der Waals surface area contributed by atoms with Crippen molar-refractivity contribution >= 4 is 11.6 Å². The zero-order valence-electron chi connectivity index (χ0n) is 6.99. The predicted octanol–water partition coefficient (Wildman–Crippen LogP) is 4.18. The Morgan fingerprint density at radius 2 is 1.80 bits per heavy atom. The van der Waals surface area contributed by atoms with E-state index in [-0.39, 0.29) is 0 Å². The minimum atomic E-state index is -5.02. The first-order valence-corrected chi connectivity index (χ1v) is 4.01. The van der Waals surface area contributed by atoms with Gasteiger partial charge in [0, 0.05) is 0 Å². The van der Waals surface area contributed by atoms with Crippen LogP contribution in [0.4, 0.5) is 22.0 Å². The van der Waals surface area contributed by atoms with Gasteiger partial charge in [-0.3, -0.25) is 0 Å². The third-order valence-electron chi connectivity index (χ3n) is 1.46. The van der Waals surface area contributed by atoms with Crippen molar-refractivity contribution in [2.24, 2.45) is 0 Å². The molecule has 0 spiro atoms. The lowest BCUT2D eigenvalue weighted by atomic mass is 10.2. The standard InChI is InChI=1S/C8H4ClF5O/c9-4-2-1-3-5(6(4)7(10)11)15-8(12,13)14/h1-3,7H. The van der Waals surface area contributed by atoms with E-state index >= 15 is 0 Å². The van der Waals surface area contributed by atoms with Gasteiger partial charge in [-0.15, -0.1) is 13.2 Å². The molecule has 1 aromatic rings. The second kappa shape index (κ2) is 4.22. The lowest BCUT2D eigenvalue weighted by Crippen LogP contribution is -2.18. The van der Waals surface area contributed by atoms with Crippen LogP contribution in [0.5, 0.6) is 5.75 Å². The third-order valence-corrected chi connectivity index (χ3v) is 1.79. The molecule has 84 valence electrons. The van der Waals surface area contributed by atoms with Crippen LogP contribution in [-0.4, -0.2) is 6.36 Å². The molecule has 0 unspecified atom stereocenters. The summed E-state index contributed by atoms with van der Waals surface area (Å²) in [6.07, 6.45) is -8.15. The molecule has 15 heavy (non-hydrogen) atoms. The minimum absolute atomic E-state index is 0.466. The van der Waals surface area contributed by atoms with Gasteiger partial charge in [-0.05, 0) is 12.1 Å². The molecule has 0 amide bonds. The summed E-state index contributed by atoms with van der Waals surface area (Å²) in [6, 6.07) is 2.93. The summed E-state index contributed by atoms with van der Waals surface area (Å²) in [5, 5.41) is -0.466. The Kier molecular flexibility index (Phi) is 3.38. The third kappa shape index (κ3) is 3.23. The number of benzene rings is 1. The van der Waals surface area contributed by atoms with Gasteiger partial charge >= 0.3 is 6.36 Å². The van der Waals surface area contributed by atoms with Gasteiger partial charge in [-0.25, -0.2) is 8.78 Å². The van der Waals surface area contributed by atoms with Crippen LogP contribution in [-0.2, 0) is 0 Å². The van der Waals surface area contributed by atoms with E-state index in [0.29, 0.717) is 0 Å². The molecule has 0 saturated heterocycles. The van der Waals surface area contributed by atoms with Crippen molar-refractivity contribution in [1.29, 1.82) is 0 Å². The maximum absolute atomic E-state index is 12.3. The number of alkyl halides is 5. The summed E-state index contributed by atoms with van der Waals surface area (Å²) in [5.41, 5.74) is -0.962. The number of halogens is 6. The summed E-state index contributed by atoms with van der Waals surface area (Å²) in [4.78, 5) is 0. The molecule has 1 aromatic carbocycles. The van der Waals surface area contributed by atoms with Gasteiger partial charge in [0.25, 0.3) is 6.43 Å². The first kappa shape index (κ1) is 12.0. The highest BCUT2D eigenvalue weighted by atomic mass is 35.5. The normalized spacial score (nSPS) is 11.9. The number of ether oxygens (including phenoxy) is 1. The SMILES string of the molecule is FC(F)c1c(Cl)cccc1OC(F)(F)F. The fourth-order valence-electron chi connectivity index (χ4n) is 0.943. The van der Waals surface area contributed by atoms with E-state index in [9.17, 15) is 22.0 Å². The molecule has 0 radical (unpaired) electrons. The van der Waals surface area contributed by atoms with Gasteiger partial charge in [-0.2, -0.15) is 0 Å². The summed E-state index contributed by atoms with van der Waals surface area (Å²) in [7, 11) is 0. The van der Waals surface area contributed by atoms with Crippen LogP contribution in [0.2, 0.25) is 5.02 Å². The van der Waals surface area contributed by atoms with E-state index in [4.69, 9.17) is 11.6 Å². The maximum Gasteiger partial charge on any atom is 0.573 e. The predicted molar refractivity (Wildman–Crippen MR) is 43.1 cm³/mol. The first-order valence-electron chi connectivity index (χ1n) is 3.63. The van der Waals surface area contributed by atoms with Crippen LogP contribution >= 0.6 is 11.6 Å². The Balaban J connectivity index is 3.12. The second-order valence-electron chi connectivity index (χ2n) is 2.50. The molecule has 0 aliphatic rings. The summed E-state index contributed by atoms with van der Waals surface area (Å²) >= 11 is 5.33. The lowest BCUT2D eigenvalue weighted by molar-refractivity contribution is -0.275. The van der Waals surface area contributed by atoms with Crippen molar-refractivity contribution < 1.29 is 26.7 Å². The quantitative estimate of drug-likeness (QED) is 0.712. The number of hydrogen-bond donors (Lipinski definition) is 0. The van der Waals surface area contributed by atoms with Crippen molar-refractivity contribution in [3.63, 3.8) is 0 Å². The van der Waals surface area contributed by atoms with Crippen LogP contribution in [0.1, 0.15) is 12.0 Å². The van der Waals surface area contributed by atoms with Crippen LogP contribution in [0.25, 0.3) is 0 Å². The molecule has 7 heteroatoms. The Bertz CT molecular complexity index is 349. The minimum Gasteiger partial charge on any atom is -0.405 e. The fourth-order valence-corrected chi connectivity index (χ4v) is 1.19. The molecule has 0 heterocycles. The molecule has 0 saturated carbocycles. The molecule has 0 fully saturated rings. The zero-order valence-corrected chi connectivity index (χ0v) is 7.74. The highest BCUT2D eigenvalue weighted by Crippen LogP contribution is 2.37. The fraction of sp³-hybridized carbons (Fsp3) is 0.250. The van der Waals surface area contributed by atoms with E-state index in [2.05, 4.69) is 4.74 Å². The largest absolute Gasteiger partial charge is 0.573 e. The molecule has 0 aliphatic heterocycles. The Morgan fingerprint density at radius 1 is 1.20 bits per heavy atom. The van der Waals surface area contributed by atoms with E-state index in [1.54, 1.807) is 0 Å². The van der Waals surface area contributed by atoms with Gasteiger partial charge in [0.1, 0.15) is 5.75 Å². The van der Waals surface area contributed by atoms with Gasteiger partial charge in [0.05, 0.1) is 10.6 Å². The Labute approximate surface area is 86.4 Å². The number of hydrogen-bond acceptors (Lipinski definition) is 1. The molecule has 0 aliphatic carbocycles. The van der Waals surface area contributed by atoms with Crippen LogP contribution in [0, 0.1) is 0 Å². The molecule has 0 N–H and O–H groups in total. The van der Waals surface area contributed by atoms with Gasteiger partial charge < -0.3 is 4.74 Å². The Morgan fingerprint density at radius 3 is 2.27 bits per heavy atom. The van der Waals surface area contributed by atoms with E-state index < -0.39 is 29.1 Å². The maximum atomic E-state index is 12.3. The molecule has 0 aromatic heterocycles. The second-order valence-corrected chi connectivity index (χ2v) is 2.91. The Hall–Kier alpha value is -1.04. The molecule has 0 bridgehead atoms. The van der Waals surface area contributed by atoms with Crippen molar-refractivity contribution in [3.8, 4) is 5.75 Å². The van der Waals surface area contributed by atoms with Crippen molar-refractivity contribution in [2.45, 2.75) is 12.8 Å². The highest BCUT2D eigenvalue weighted by molar-refractivity contribution is 6.31.